The van der Waals surface area contributed by atoms with E-state index in [1.165, 1.54) is 41.9 Å². The Morgan fingerprint density at radius 1 is 1.00 bits per heavy atom. The Kier molecular flexibility index (Phi) is 5.93. The number of sulfonamides is 1. The van der Waals surface area contributed by atoms with Crippen molar-refractivity contribution in [2.75, 3.05) is 11.3 Å². The number of nitrogens with zero attached hydrogens (tertiary/aromatic N) is 3. The molecule has 0 bridgehead atoms. The third kappa shape index (κ3) is 4.71. The molecule has 7 nitrogen and oxygen atoms in total. The van der Waals surface area contributed by atoms with E-state index in [0.29, 0.717) is 33.9 Å². The highest BCUT2D eigenvalue weighted by molar-refractivity contribution is 7.92. The lowest BCUT2D eigenvalue weighted by Crippen LogP contribution is -2.19. The Hall–Kier alpha value is -3.51. The Labute approximate surface area is 202 Å². The maximum atomic E-state index is 13.4. The molecule has 3 heterocycles. The Morgan fingerprint density at radius 2 is 1.77 bits per heavy atom. The average molecular weight is 519 g/mol. The van der Waals surface area contributed by atoms with E-state index < -0.39 is 21.8 Å². The maximum absolute atomic E-state index is 13.4. The van der Waals surface area contributed by atoms with Gasteiger partial charge in [-0.15, -0.1) is 11.3 Å². The molecule has 0 aliphatic carbocycles. The zero-order valence-electron chi connectivity index (χ0n) is 17.9. The SMILES string of the molecule is O=S(=O)(Nc1ncccn1)c1ccc2c(c1)OCC[C@@H]2c1ccc(C(F)(F)F)cc1-c1nccs1. The summed E-state index contributed by atoms with van der Waals surface area (Å²) in [6, 6.07) is 9.67. The first kappa shape index (κ1) is 23.2. The molecule has 0 saturated heterocycles. The number of thiazole rings is 1. The molecule has 4 aromatic rings. The minimum absolute atomic E-state index is 0.0445. The predicted octanol–water partition coefficient (Wildman–Crippen LogP) is 5.33. The van der Waals surface area contributed by atoms with Crippen molar-refractivity contribution in [2.24, 2.45) is 0 Å². The minimum Gasteiger partial charge on any atom is -0.493 e. The zero-order chi connectivity index (χ0) is 24.6. The van der Waals surface area contributed by atoms with E-state index in [9.17, 15) is 21.6 Å². The van der Waals surface area contributed by atoms with Gasteiger partial charge in [0.25, 0.3) is 10.0 Å². The molecule has 1 aliphatic heterocycles. The lowest BCUT2D eigenvalue weighted by atomic mass is 9.83. The first-order valence-corrected chi connectivity index (χ1v) is 12.8. The fraction of sp³-hybridized carbons (Fsp3) is 0.174. The summed E-state index contributed by atoms with van der Waals surface area (Å²) in [5.41, 5.74) is 0.995. The van der Waals surface area contributed by atoms with Gasteiger partial charge in [-0.3, -0.25) is 0 Å². The second kappa shape index (κ2) is 8.93. The van der Waals surface area contributed by atoms with Gasteiger partial charge in [0.05, 0.1) is 17.1 Å². The van der Waals surface area contributed by atoms with E-state index >= 15 is 0 Å². The van der Waals surface area contributed by atoms with Gasteiger partial charge in [-0.25, -0.2) is 28.1 Å². The van der Waals surface area contributed by atoms with Crippen LogP contribution in [0.25, 0.3) is 10.6 Å². The number of rotatable bonds is 5. The number of aromatic nitrogens is 3. The third-order valence-corrected chi connectivity index (χ3v) is 7.68. The van der Waals surface area contributed by atoms with E-state index in [1.807, 2.05) is 0 Å². The first-order valence-electron chi connectivity index (χ1n) is 10.4. The number of nitrogens with one attached hydrogen (secondary N) is 1. The first-order chi connectivity index (χ1) is 16.7. The number of halogens is 3. The molecule has 1 atom stereocenters. The normalized spacial score (nSPS) is 15.8. The Bertz CT molecular complexity index is 1460. The van der Waals surface area contributed by atoms with Gasteiger partial charge in [0.1, 0.15) is 10.8 Å². The topological polar surface area (TPSA) is 94.1 Å². The number of ether oxygens (including phenoxy) is 1. The van der Waals surface area contributed by atoms with Crippen LogP contribution in [0.4, 0.5) is 19.1 Å². The standard InChI is InChI=1S/C23H17F3N4O3S2/c24-23(25,26)14-2-4-16(19(12-14)21-27-9-11-34-21)17-6-10-33-20-13-15(3-5-18(17)20)35(31,32)30-22-28-7-1-8-29-22/h1-5,7-9,11-13,17H,6,10H2,(H,28,29,30)/t17-/m1/s1. The summed E-state index contributed by atoms with van der Waals surface area (Å²) in [5.74, 6) is -0.0212. The number of alkyl halides is 3. The summed E-state index contributed by atoms with van der Waals surface area (Å²) in [5, 5.41) is 2.18. The second-order valence-electron chi connectivity index (χ2n) is 7.70. The molecule has 5 rings (SSSR count). The van der Waals surface area contributed by atoms with Gasteiger partial charge in [0.15, 0.2) is 0 Å². The second-order valence-corrected chi connectivity index (χ2v) is 10.3. The van der Waals surface area contributed by atoms with Crippen LogP contribution in [0.15, 0.2) is 71.3 Å². The molecule has 35 heavy (non-hydrogen) atoms. The molecule has 1 N–H and O–H groups in total. The van der Waals surface area contributed by atoms with Crippen LogP contribution in [0.5, 0.6) is 5.75 Å². The lowest BCUT2D eigenvalue weighted by molar-refractivity contribution is -0.137. The van der Waals surface area contributed by atoms with Gasteiger partial charge in [-0.2, -0.15) is 13.2 Å². The molecule has 0 spiro atoms. The van der Waals surface area contributed by atoms with Crippen LogP contribution in [0.2, 0.25) is 0 Å². The van der Waals surface area contributed by atoms with Gasteiger partial charge in [0.2, 0.25) is 5.95 Å². The van der Waals surface area contributed by atoms with Crippen molar-refractivity contribution in [1.82, 2.24) is 15.0 Å². The number of fused-ring (bicyclic) bond motifs is 1. The number of anilines is 1. The van der Waals surface area contributed by atoms with E-state index in [2.05, 4.69) is 19.7 Å². The Balaban J connectivity index is 1.54. The smallest absolute Gasteiger partial charge is 0.416 e. The maximum Gasteiger partial charge on any atom is 0.416 e. The van der Waals surface area contributed by atoms with Crippen LogP contribution in [-0.2, 0) is 16.2 Å². The van der Waals surface area contributed by atoms with Gasteiger partial charge in [-0.1, -0.05) is 12.1 Å². The molecule has 0 radical (unpaired) electrons. The molecule has 0 unspecified atom stereocenters. The van der Waals surface area contributed by atoms with E-state index in [4.69, 9.17) is 4.74 Å². The molecular weight excluding hydrogens is 501 g/mol. The molecule has 180 valence electrons. The molecule has 2 aromatic heterocycles. The summed E-state index contributed by atoms with van der Waals surface area (Å²) in [7, 11) is -3.98. The highest BCUT2D eigenvalue weighted by atomic mass is 32.2. The molecule has 0 fully saturated rings. The van der Waals surface area contributed by atoms with Gasteiger partial charge in [-0.05, 0) is 36.2 Å². The van der Waals surface area contributed by atoms with E-state index in [1.54, 1.807) is 23.7 Å². The van der Waals surface area contributed by atoms with Crippen molar-refractivity contribution in [1.29, 1.82) is 0 Å². The van der Waals surface area contributed by atoms with Crippen LogP contribution in [0, 0.1) is 0 Å². The fourth-order valence-corrected chi connectivity index (χ4v) is 5.62. The fourth-order valence-electron chi connectivity index (χ4n) is 3.97. The van der Waals surface area contributed by atoms with Crippen LogP contribution < -0.4 is 9.46 Å². The lowest BCUT2D eigenvalue weighted by Gasteiger charge is -2.28. The van der Waals surface area contributed by atoms with Crippen molar-refractivity contribution in [3.8, 4) is 16.3 Å². The number of hydrogen-bond acceptors (Lipinski definition) is 7. The average Bonchev–Trinajstić information content (AvgIpc) is 3.38. The molecule has 12 heteroatoms. The molecule has 0 saturated carbocycles. The number of benzene rings is 2. The quantitative estimate of drug-likeness (QED) is 0.384. The molecule has 0 amide bonds. The Morgan fingerprint density at radius 3 is 2.49 bits per heavy atom. The largest absolute Gasteiger partial charge is 0.493 e. The highest BCUT2D eigenvalue weighted by Crippen LogP contribution is 2.44. The van der Waals surface area contributed by atoms with E-state index in [-0.39, 0.29) is 23.4 Å². The summed E-state index contributed by atoms with van der Waals surface area (Å²) in [6.45, 7) is 0.273. The van der Waals surface area contributed by atoms with Gasteiger partial charge >= 0.3 is 6.18 Å². The van der Waals surface area contributed by atoms with Crippen LogP contribution in [-0.4, -0.2) is 30.0 Å². The number of hydrogen-bond donors (Lipinski definition) is 1. The van der Waals surface area contributed by atoms with E-state index in [0.717, 1.165) is 12.1 Å². The monoisotopic (exact) mass is 518 g/mol. The van der Waals surface area contributed by atoms with Crippen molar-refractivity contribution in [3.63, 3.8) is 0 Å². The predicted molar refractivity (Wildman–Crippen MR) is 124 cm³/mol. The van der Waals surface area contributed by atoms with Crippen LogP contribution >= 0.6 is 11.3 Å². The third-order valence-electron chi connectivity index (χ3n) is 5.55. The summed E-state index contributed by atoms with van der Waals surface area (Å²) in [6.07, 6.45) is 0.392. The highest BCUT2D eigenvalue weighted by Gasteiger charge is 2.33. The van der Waals surface area contributed by atoms with Gasteiger partial charge in [0, 0.05) is 47.1 Å². The zero-order valence-corrected chi connectivity index (χ0v) is 19.5. The van der Waals surface area contributed by atoms with Crippen molar-refractivity contribution >= 4 is 27.3 Å². The summed E-state index contributed by atoms with van der Waals surface area (Å²) >= 11 is 1.25. The summed E-state index contributed by atoms with van der Waals surface area (Å²) in [4.78, 5) is 11.9. The molecule has 2 aromatic carbocycles. The minimum atomic E-state index is -4.49. The summed E-state index contributed by atoms with van der Waals surface area (Å²) < 4.78 is 74.0. The van der Waals surface area contributed by atoms with Gasteiger partial charge < -0.3 is 4.74 Å². The van der Waals surface area contributed by atoms with Crippen molar-refractivity contribution < 1.29 is 26.3 Å². The van der Waals surface area contributed by atoms with Crippen molar-refractivity contribution in [2.45, 2.75) is 23.4 Å². The molecular formula is C23H17F3N4O3S2. The van der Waals surface area contributed by atoms with Crippen molar-refractivity contribution in [3.05, 3.63) is 83.1 Å². The van der Waals surface area contributed by atoms with Crippen LogP contribution in [0.3, 0.4) is 0 Å². The van der Waals surface area contributed by atoms with Crippen LogP contribution in [0.1, 0.15) is 29.0 Å². The molecule has 1 aliphatic rings.